The van der Waals surface area contributed by atoms with Crippen LogP contribution in [0.2, 0.25) is 0 Å². The Morgan fingerprint density at radius 1 is 1.17 bits per heavy atom. The molecule has 0 aromatic rings. The number of aliphatic hydroxyl groups is 6. The summed E-state index contributed by atoms with van der Waals surface area (Å²) in [5, 5.41) is 81.0. The lowest BCUT2D eigenvalue weighted by atomic mass is 9.85. The quantitative estimate of drug-likeness (QED) is 0.130. The average molecular weight is 508 g/mol. The van der Waals surface area contributed by atoms with Crippen LogP contribution in [0, 0.1) is 0 Å². The predicted octanol–water partition coefficient (Wildman–Crippen LogP) is -3.86. The van der Waals surface area contributed by atoms with Crippen LogP contribution in [0.25, 0.3) is 0 Å². The van der Waals surface area contributed by atoms with Crippen LogP contribution in [0.3, 0.4) is 0 Å². The van der Waals surface area contributed by atoms with E-state index in [0.717, 1.165) is 0 Å². The Labute approximate surface area is 199 Å². The summed E-state index contributed by atoms with van der Waals surface area (Å²) in [5.74, 6) is -2.71. The Morgan fingerprint density at radius 2 is 1.83 bits per heavy atom. The van der Waals surface area contributed by atoms with Gasteiger partial charge in [0, 0.05) is 12.8 Å². The maximum absolute atomic E-state index is 12.0. The van der Waals surface area contributed by atoms with Crippen molar-refractivity contribution in [2.24, 2.45) is 4.99 Å². The highest BCUT2D eigenvalue weighted by atomic mass is 16.7. The summed E-state index contributed by atoms with van der Waals surface area (Å²) in [7, 11) is 1.24. The molecule has 0 aromatic heterocycles. The molecule has 9 N–H and O–H groups in total. The van der Waals surface area contributed by atoms with Crippen LogP contribution in [0.1, 0.15) is 19.8 Å². The van der Waals surface area contributed by atoms with Gasteiger partial charge in [-0.1, -0.05) is 0 Å². The zero-order valence-corrected chi connectivity index (χ0v) is 19.1. The Bertz CT molecular complexity index is 832. The van der Waals surface area contributed by atoms with Crippen molar-refractivity contribution in [3.05, 3.63) is 11.5 Å². The highest BCUT2D eigenvalue weighted by Crippen LogP contribution is 2.31. The maximum Gasteiger partial charge on any atom is 0.328 e. The maximum atomic E-state index is 12.0. The molecule has 15 heteroatoms. The summed E-state index contributed by atoms with van der Waals surface area (Å²) >= 11 is 0. The number of nitrogens with one attached hydrogen (secondary N) is 1. The van der Waals surface area contributed by atoms with Crippen molar-refractivity contribution in [2.75, 3.05) is 26.9 Å². The smallest absolute Gasteiger partial charge is 0.328 e. The topological polar surface area (TPSA) is 248 Å². The fourth-order valence-electron chi connectivity index (χ4n) is 3.84. The summed E-state index contributed by atoms with van der Waals surface area (Å²) in [6.07, 6.45) is -9.82. The number of carbonyl (C=O) groups is 2. The second kappa shape index (κ2) is 12.0. The summed E-state index contributed by atoms with van der Waals surface area (Å²) in [5.41, 5.74) is -1.80. The van der Waals surface area contributed by atoms with Crippen molar-refractivity contribution >= 4 is 17.7 Å². The van der Waals surface area contributed by atoms with Crippen LogP contribution in [0.4, 0.5) is 0 Å². The first-order valence-corrected chi connectivity index (χ1v) is 10.7. The summed E-state index contributed by atoms with van der Waals surface area (Å²) in [4.78, 5) is 26.9. The fraction of sp³-hybridized carbons (Fsp3) is 0.750. The van der Waals surface area contributed by atoms with E-state index in [2.05, 4.69) is 10.3 Å². The van der Waals surface area contributed by atoms with Crippen LogP contribution in [0.15, 0.2) is 16.4 Å². The molecule has 1 aliphatic heterocycles. The molecule has 0 spiro atoms. The van der Waals surface area contributed by atoms with E-state index in [0.29, 0.717) is 0 Å². The molecule has 200 valence electrons. The lowest BCUT2D eigenvalue weighted by Crippen LogP contribution is -2.60. The number of hydrogen-bond donors (Lipinski definition) is 9. The molecule has 0 amide bonds. The Morgan fingerprint density at radius 3 is 2.34 bits per heavy atom. The van der Waals surface area contributed by atoms with Crippen molar-refractivity contribution in [1.82, 2.24) is 5.32 Å². The minimum absolute atomic E-state index is 0.00362. The third kappa shape index (κ3) is 6.86. The summed E-state index contributed by atoms with van der Waals surface area (Å²) in [6, 6.07) is -1.57. The minimum atomic E-state index is -1.79. The second-order valence-electron chi connectivity index (χ2n) is 8.40. The molecule has 1 aliphatic carbocycles. The molecule has 1 fully saturated rings. The molecule has 2 rings (SSSR count). The van der Waals surface area contributed by atoms with E-state index in [9.17, 15) is 45.3 Å². The molecular weight excluding hydrogens is 476 g/mol. The van der Waals surface area contributed by atoms with Gasteiger partial charge in [-0.2, -0.15) is 0 Å². The highest BCUT2D eigenvalue weighted by molar-refractivity contribution is 6.01. The molecular formula is C20H32N2O13. The first-order chi connectivity index (χ1) is 16.4. The molecule has 0 bridgehead atoms. The molecule has 0 radical (unpaired) electrons. The standard InChI is InChI=1S/C20H32N2O13/c1-8(34-19-16(29)15(28)14(27)11(6-23)35-19)13(18(30)31)22-10-4-20(32,7-24)3-9(17(10)33-2)21-5-12(25)26/h8,11,13-16,19,22-24,27-29,32H,3-7H2,1-2H3,(H,25,26)(H,30,31). The first kappa shape index (κ1) is 28.9. The first-order valence-electron chi connectivity index (χ1n) is 10.7. The molecule has 0 saturated carbocycles. The van der Waals surface area contributed by atoms with Gasteiger partial charge >= 0.3 is 11.9 Å². The van der Waals surface area contributed by atoms with Crippen molar-refractivity contribution < 1.29 is 64.7 Å². The summed E-state index contributed by atoms with van der Waals surface area (Å²) < 4.78 is 16.0. The largest absolute Gasteiger partial charge is 0.493 e. The third-order valence-electron chi connectivity index (χ3n) is 5.70. The van der Waals surface area contributed by atoms with Crippen molar-refractivity contribution in [3.8, 4) is 0 Å². The number of hydrogen-bond acceptors (Lipinski definition) is 13. The molecule has 0 aromatic carbocycles. The van der Waals surface area contributed by atoms with Crippen LogP contribution >= 0.6 is 0 Å². The summed E-state index contributed by atoms with van der Waals surface area (Å²) in [6.45, 7) is -0.797. The van der Waals surface area contributed by atoms with Crippen molar-refractivity contribution in [1.29, 1.82) is 0 Å². The van der Waals surface area contributed by atoms with Gasteiger partial charge in [0.2, 0.25) is 0 Å². The number of rotatable bonds is 11. The van der Waals surface area contributed by atoms with E-state index in [-0.39, 0.29) is 30.0 Å². The van der Waals surface area contributed by atoms with E-state index < -0.39 is 80.1 Å². The number of carboxylic acids is 2. The third-order valence-corrected chi connectivity index (χ3v) is 5.70. The van der Waals surface area contributed by atoms with E-state index in [4.69, 9.17) is 19.3 Å². The molecule has 1 heterocycles. The molecule has 15 nitrogen and oxygen atoms in total. The van der Waals surface area contributed by atoms with Gasteiger partial charge < -0.3 is 60.4 Å². The van der Waals surface area contributed by atoms with Crippen LogP contribution in [-0.4, -0.2) is 134 Å². The van der Waals surface area contributed by atoms with E-state index in [1.54, 1.807) is 0 Å². The lowest BCUT2D eigenvalue weighted by Gasteiger charge is -2.41. The Kier molecular flexibility index (Phi) is 9.94. The van der Waals surface area contributed by atoms with E-state index >= 15 is 0 Å². The molecule has 1 saturated heterocycles. The van der Waals surface area contributed by atoms with Crippen LogP contribution in [0.5, 0.6) is 0 Å². The van der Waals surface area contributed by atoms with Gasteiger partial charge in [0.25, 0.3) is 0 Å². The Balaban J connectivity index is 2.32. The fourth-order valence-corrected chi connectivity index (χ4v) is 3.84. The van der Waals surface area contributed by atoms with Gasteiger partial charge in [0.05, 0.1) is 43.4 Å². The number of aliphatic imine (C=N–C) groups is 1. The lowest BCUT2D eigenvalue weighted by molar-refractivity contribution is -0.311. The van der Waals surface area contributed by atoms with Crippen LogP contribution in [-0.2, 0) is 23.8 Å². The molecule has 35 heavy (non-hydrogen) atoms. The zero-order chi connectivity index (χ0) is 26.5. The van der Waals surface area contributed by atoms with Gasteiger partial charge in [0.1, 0.15) is 31.0 Å². The number of allylic oxidation sites excluding steroid dienone is 1. The molecule has 8 unspecified atom stereocenters. The monoisotopic (exact) mass is 508 g/mol. The predicted molar refractivity (Wildman–Crippen MR) is 114 cm³/mol. The van der Waals surface area contributed by atoms with E-state index in [1.165, 1.54) is 14.0 Å². The van der Waals surface area contributed by atoms with Gasteiger partial charge in [-0.05, 0) is 6.92 Å². The van der Waals surface area contributed by atoms with Crippen molar-refractivity contribution in [2.45, 2.75) is 68.2 Å². The van der Waals surface area contributed by atoms with E-state index in [1.807, 2.05) is 0 Å². The van der Waals surface area contributed by atoms with Gasteiger partial charge in [-0.25, -0.2) is 4.79 Å². The van der Waals surface area contributed by atoms with Gasteiger partial charge in [-0.3, -0.25) is 9.79 Å². The van der Waals surface area contributed by atoms with Crippen molar-refractivity contribution in [3.63, 3.8) is 0 Å². The number of ether oxygens (including phenoxy) is 3. The number of carboxylic acid groups (broad SMARTS) is 2. The minimum Gasteiger partial charge on any atom is -0.493 e. The zero-order valence-electron chi connectivity index (χ0n) is 19.1. The highest BCUT2D eigenvalue weighted by Gasteiger charge is 2.46. The van der Waals surface area contributed by atoms with Crippen LogP contribution < -0.4 is 5.32 Å². The number of aliphatic carboxylic acids is 2. The second-order valence-corrected chi connectivity index (χ2v) is 8.40. The Hall–Kier alpha value is -2.37. The molecule has 8 atom stereocenters. The van der Waals surface area contributed by atoms with Gasteiger partial charge in [-0.15, -0.1) is 0 Å². The number of methoxy groups -OCH3 is 1. The molecule has 2 aliphatic rings. The SMILES string of the molecule is COC1=C(NC(C(=O)O)C(C)OC2OC(CO)C(O)C(O)C2O)CC(O)(CO)CC1=NCC(=O)O. The normalized spacial score (nSPS) is 34.4. The number of nitrogens with zero attached hydrogens (tertiary/aromatic N) is 1. The number of aliphatic hydroxyl groups excluding tert-OH is 5. The average Bonchev–Trinajstić information content (AvgIpc) is 2.80. The van der Waals surface area contributed by atoms with Gasteiger partial charge in [0.15, 0.2) is 18.1 Å².